The second-order valence-corrected chi connectivity index (χ2v) is 6.68. The van der Waals surface area contributed by atoms with Crippen molar-refractivity contribution in [3.05, 3.63) is 90.0 Å². The molecule has 0 heterocycles. The van der Waals surface area contributed by atoms with Crippen LogP contribution >= 0.6 is 0 Å². The summed E-state index contributed by atoms with van der Waals surface area (Å²) >= 11 is 0. The zero-order chi connectivity index (χ0) is 20.1. The lowest BCUT2D eigenvalue weighted by Crippen LogP contribution is -2.65. The molecule has 146 valence electrons. The molecule has 29 heavy (non-hydrogen) atoms. The van der Waals surface area contributed by atoms with Gasteiger partial charge >= 0.3 is 0 Å². The van der Waals surface area contributed by atoms with E-state index in [4.69, 9.17) is 9.47 Å². The van der Waals surface area contributed by atoms with Crippen molar-refractivity contribution >= 4 is 22.8 Å². The van der Waals surface area contributed by atoms with Gasteiger partial charge in [0.1, 0.15) is 11.5 Å². The average molecular weight is 385 g/mol. The fourth-order valence-corrected chi connectivity index (χ4v) is 3.37. The Bertz CT molecular complexity index is 1040. The molecule has 0 atom stereocenters. The predicted octanol–water partition coefficient (Wildman–Crippen LogP) is 4.15. The van der Waals surface area contributed by atoms with Crippen LogP contribution in [0, 0.1) is 0 Å². The summed E-state index contributed by atoms with van der Waals surface area (Å²) in [6.45, 7) is 5.31. The van der Waals surface area contributed by atoms with Crippen LogP contribution in [0.5, 0.6) is 11.5 Å². The number of allylic oxidation sites excluding steroid dienone is 1. The van der Waals surface area contributed by atoms with Gasteiger partial charge in [0, 0.05) is 29.5 Å². The van der Waals surface area contributed by atoms with Crippen LogP contribution in [0.2, 0.25) is 0 Å². The smallest absolute Gasteiger partial charge is 0.214 e. The molecule has 0 radical (unpaired) electrons. The van der Waals surface area contributed by atoms with E-state index in [0.717, 1.165) is 34.3 Å². The normalized spacial score (nSPS) is 13.7. The molecular formula is C25H25N2O2+. The first-order valence-electron chi connectivity index (χ1n) is 9.95. The molecule has 0 saturated carbocycles. The van der Waals surface area contributed by atoms with E-state index < -0.39 is 0 Å². The molecule has 1 aliphatic carbocycles. The molecule has 4 rings (SSSR count). The average Bonchev–Trinajstić information content (AvgIpc) is 3.09. The standard InChI is InChI=1S/C25H24N2O2/c1-3-28-20-13-9-18(10-14-20)26-24-17-25(23-8-6-5-7-22(23)24)27-19-11-15-21(16-12-19)29-4-2/h5-17,26H,3-4H2,1-2H3/p+1. The zero-order valence-electron chi connectivity index (χ0n) is 16.7. The van der Waals surface area contributed by atoms with Crippen LogP contribution in [0.3, 0.4) is 0 Å². The Morgan fingerprint density at radius 3 is 1.93 bits per heavy atom. The summed E-state index contributed by atoms with van der Waals surface area (Å²) in [5, 5.41) is 3.53. The van der Waals surface area contributed by atoms with Gasteiger partial charge in [-0.25, -0.2) is 4.99 Å². The second-order valence-electron chi connectivity index (χ2n) is 6.68. The minimum Gasteiger partial charge on any atom is -0.494 e. The Balaban J connectivity index is 1.61. The Labute approximate surface area is 171 Å². The predicted molar refractivity (Wildman–Crippen MR) is 118 cm³/mol. The van der Waals surface area contributed by atoms with Gasteiger partial charge in [-0.3, -0.25) is 0 Å². The molecule has 1 aliphatic rings. The van der Waals surface area contributed by atoms with Crippen molar-refractivity contribution in [3.8, 4) is 11.5 Å². The van der Waals surface area contributed by atoms with Crippen molar-refractivity contribution in [2.75, 3.05) is 18.5 Å². The number of hydrogen-bond acceptors (Lipinski definition) is 3. The van der Waals surface area contributed by atoms with E-state index in [9.17, 15) is 0 Å². The molecule has 0 aromatic heterocycles. The van der Waals surface area contributed by atoms with Crippen molar-refractivity contribution in [2.24, 2.45) is 0 Å². The maximum absolute atomic E-state index is 5.53. The van der Waals surface area contributed by atoms with Crippen molar-refractivity contribution < 1.29 is 14.5 Å². The van der Waals surface area contributed by atoms with Crippen molar-refractivity contribution in [3.63, 3.8) is 0 Å². The molecule has 2 N–H and O–H groups in total. The van der Waals surface area contributed by atoms with Gasteiger partial charge in [-0.1, -0.05) is 18.2 Å². The number of hydrogen-bond donors (Lipinski definition) is 2. The summed E-state index contributed by atoms with van der Waals surface area (Å²) in [6, 6.07) is 24.5. The van der Waals surface area contributed by atoms with Crippen LogP contribution in [0.15, 0.2) is 78.9 Å². The number of ether oxygens (including phenoxy) is 2. The molecule has 0 spiro atoms. The quantitative estimate of drug-likeness (QED) is 0.642. The summed E-state index contributed by atoms with van der Waals surface area (Å²) < 4.78 is 11.1. The lowest BCUT2D eigenvalue weighted by molar-refractivity contribution is -0.351. The maximum Gasteiger partial charge on any atom is 0.214 e. The Hall–Kier alpha value is -3.53. The highest BCUT2D eigenvalue weighted by Gasteiger charge is 2.23. The molecule has 0 amide bonds. The third kappa shape index (κ3) is 4.32. The lowest BCUT2D eigenvalue weighted by Gasteiger charge is -2.09. The van der Waals surface area contributed by atoms with Crippen molar-refractivity contribution in [1.29, 1.82) is 0 Å². The highest BCUT2D eigenvalue weighted by atomic mass is 16.5. The summed E-state index contributed by atoms with van der Waals surface area (Å²) in [5.41, 5.74) is 6.54. The largest absolute Gasteiger partial charge is 0.494 e. The van der Waals surface area contributed by atoms with E-state index in [1.807, 2.05) is 62.4 Å². The molecule has 0 saturated heterocycles. The lowest BCUT2D eigenvalue weighted by atomic mass is 10.1. The molecule has 0 fully saturated rings. The van der Waals surface area contributed by atoms with Gasteiger partial charge in [-0.05, 0) is 56.3 Å². The highest BCUT2D eigenvalue weighted by molar-refractivity contribution is 6.18. The molecule has 0 aliphatic heterocycles. The maximum atomic E-state index is 5.53. The van der Waals surface area contributed by atoms with Gasteiger partial charge in [0.15, 0.2) is 0 Å². The Morgan fingerprint density at radius 1 is 0.724 bits per heavy atom. The van der Waals surface area contributed by atoms with Crippen LogP contribution in [0.4, 0.5) is 11.4 Å². The monoisotopic (exact) mass is 385 g/mol. The summed E-state index contributed by atoms with van der Waals surface area (Å²) in [4.78, 5) is 3.53. The highest BCUT2D eigenvalue weighted by Crippen LogP contribution is 2.28. The van der Waals surface area contributed by atoms with Crippen LogP contribution in [0.1, 0.15) is 25.0 Å². The van der Waals surface area contributed by atoms with Crippen LogP contribution in [0.25, 0.3) is 5.70 Å². The van der Waals surface area contributed by atoms with Gasteiger partial charge in [0.25, 0.3) is 0 Å². The molecule has 3 aromatic carbocycles. The van der Waals surface area contributed by atoms with Crippen LogP contribution < -0.4 is 19.8 Å². The van der Waals surface area contributed by atoms with Gasteiger partial charge in [-0.2, -0.15) is 0 Å². The fraction of sp³-hybridized carbons (Fsp3) is 0.160. The van der Waals surface area contributed by atoms with Gasteiger partial charge in [-0.15, -0.1) is 0 Å². The number of rotatable bonds is 7. The molecular weight excluding hydrogens is 360 g/mol. The SMILES string of the molecule is CCOc1ccc(NC2=CC(=[NH+]c3ccc(OCC)cc3)c3ccccc32)cc1. The molecule has 4 nitrogen and oxygen atoms in total. The van der Waals surface area contributed by atoms with E-state index in [2.05, 4.69) is 40.7 Å². The molecule has 4 heteroatoms. The first-order valence-corrected chi connectivity index (χ1v) is 9.95. The minimum atomic E-state index is 0.668. The van der Waals surface area contributed by atoms with Crippen molar-refractivity contribution in [2.45, 2.75) is 13.8 Å². The van der Waals surface area contributed by atoms with Gasteiger partial charge in [0.05, 0.1) is 24.5 Å². The Kier molecular flexibility index (Phi) is 5.61. The number of fused-ring (bicyclic) bond motifs is 1. The van der Waals surface area contributed by atoms with Crippen molar-refractivity contribution in [1.82, 2.24) is 0 Å². The van der Waals surface area contributed by atoms with E-state index in [0.29, 0.717) is 13.2 Å². The second kappa shape index (κ2) is 8.65. The third-order valence-electron chi connectivity index (χ3n) is 4.68. The van der Waals surface area contributed by atoms with Gasteiger partial charge in [0.2, 0.25) is 11.4 Å². The zero-order valence-corrected chi connectivity index (χ0v) is 16.7. The topological polar surface area (TPSA) is 44.5 Å². The van der Waals surface area contributed by atoms with E-state index in [1.54, 1.807) is 0 Å². The number of anilines is 1. The Morgan fingerprint density at radius 2 is 1.31 bits per heavy atom. The van der Waals surface area contributed by atoms with Gasteiger partial charge < -0.3 is 14.8 Å². The molecule has 3 aromatic rings. The molecule has 0 bridgehead atoms. The third-order valence-corrected chi connectivity index (χ3v) is 4.68. The summed E-state index contributed by atoms with van der Waals surface area (Å²) in [7, 11) is 0. The number of nitrogens with one attached hydrogen (secondary N) is 2. The first-order chi connectivity index (χ1) is 14.3. The number of benzene rings is 3. The first kappa shape index (κ1) is 18.8. The van der Waals surface area contributed by atoms with E-state index >= 15 is 0 Å². The van der Waals surface area contributed by atoms with E-state index in [-0.39, 0.29) is 0 Å². The van der Waals surface area contributed by atoms with E-state index in [1.165, 1.54) is 11.1 Å². The summed E-state index contributed by atoms with van der Waals surface area (Å²) in [6.07, 6.45) is 2.15. The summed E-state index contributed by atoms with van der Waals surface area (Å²) in [5.74, 6) is 1.76. The minimum absolute atomic E-state index is 0.668. The van der Waals surface area contributed by atoms with Crippen LogP contribution in [-0.4, -0.2) is 18.9 Å². The van der Waals surface area contributed by atoms with Crippen LogP contribution in [-0.2, 0) is 0 Å². The molecule has 0 unspecified atom stereocenters. The fourth-order valence-electron chi connectivity index (χ4n) is 3.37.